The van der Waals surface area contributed by atoms with Crippen molar-refractivity contribution in [3.63, 3.8) is 0 Å². The van der Waals surface area contributed by atoms with Gasteiger partial charge in [0.05, 0.1) is 16.4 Å². The maximum Gasteiger partial charge on any atom is 0.226 e. The van der Waals surface area contributed by atoms with Crippen molar-refractivity contribution >= 4 is 33.3 Å². The van der Waals surface area contributed by atoms with Crippen LogP contribution in [0.5, 0.6) is 5.75 Å². The summed E-state index contributed by atoms with van der Waals surface area (Å²) in [5.41, 5.74) is 3.95. The first-order valence-corrected chi connectivity index (χ1v) is 11.6. The Bertz CT molecular complexity index is 1420. The Morgan fingerprint density at radius 2 is 1.76 bits per heavy atom. The number of anilines is 1. The Kier molecular flexibility index (Phi) is 4.88. The fourth-order valence-corrected chi connectivity index (χ4v) is 5.16. The Morgan fingerprint density at radius 1 is 0.970 bits per heavy atom. The molecule has 6 nitrogen and oxygen atoms in total. The van der Waals surface area contributed by atoms with Crippen LogP contribution in [-0.2, 0) is 11.4 Å². The standard InChI is InChI=1S/C26H20N4O2S/c31-24-14-19(18-10-4-6-12-22(18)32-16-17-8-2-1-3-9-17)20-15-27-30(25(20)29-24)26-28-21-11-5-7-13-23(21)33-26/h1-13,15,19H,14,16H2,(H,29,31)/t19-/m0/s1. The average molecular weight is 453 g/mol. The minimum absolute atomic E-state index is 0.0479. The van der Waals surface area contributed by atoms with Gasteiger partial charge in [-0.3, -0.25) is 4.79 Å². The zero-order valence-corrected chi connectivity index (χ0v) is 18.5. The van der Waals surface area contributed by atoms with E-state index < -0.39 is 0 Å². The lowest BCUT2D eigenvalue weighted by Gasteiger charge is -2.25. The third kappa shape index (κ3) is 3.66. The number of aromatic nitrogens is 3. The van der Waals surface area contributed by atoms with E-state index in [4.69, 9.17) is 9.72 Å². The van der Waals surface area contributed by atoms with Crippen molar-refractivity contribution in [2.75, 3.05) is 5.32 Å². The molecular formula is C26H20N4O2S. The van der Waals surface area contributed by atoms with Crippen molar-refractivity contribution in [2.45, 2.75) is 18.9 Å². The molecule has 1 aliphatic rings. The maximum absolute atomic E-state index is 12.7. The summed E-state index contributed by atoms with van der Waals surface area (Å²) < 4.78 is 9.00. The number of hydrogen-bond donors (Lipinski definition) is 1. The second-order valence-corrected chi connectivity index (χ2v) is 8.95. The topological polar surface area (TPSA) is 69.0 Å². The predicted molar refractivity (Wildman–Crippen MR) is 129 cm³/mol. The molecule has 1 amide bonds. The van der Waals surface area contributed by atoms with Gasteiger partial charge < -0.3 is 10.1 Å². The van der Waals surface area contributed by atoms with Gasteiger partial charge in [0.1, 0.15) is 18.2 Å². The molecule has 6 rings (SSSR count). The zero-order chi connectivity index (χ0) is 22.2. The number of nitrogens with zero attached hydrogens (tertiary/aromatic N) is 3. The van der Waals surface area contributed by atoms with E-state index in [2.05, 4.69) is 10.4 Å². The van der Waals surface area contributed by atoms with E-state index >= 15 is 0 Å². The smallest absolute Gasteiger partial charge is 0.226 e. The molecule has 0 radical (unpaired) electrons. The highest BCUT2D eigenvalue weighted by Crippen LogP contribution is 2.42. The largest absolute Gasteiger partial charge is 0.489 e. The van der Waals surface area contributed by atoms with Crippen LogP contribution in [0.2, 0.25) is 0 Å². The number of ether oxygens (including phenoxy) is 1. The van der Waals surface area contributed by atoms with Crippen LogP contribution in [-0.4, -0.2) is 20.7 Å². The molecule has 5 aromatic rings. The van der Waals surface area contributed by atoms with Crippen LogP contribution >= 0.6 is 11.3 Å². The second-order valence-electron chi connectivity index (χ2n) is 7.94. The summed E-state index contributed by atoms with van der Waals surface area (Å²) in [7, 11) is 0. The quantitative estimate of drug-likeness (QED) is 0.380. The van der Waals surface area contributed by atoms with Crippen molar-refractivity contribution in [3.8, 4) is 10.9 Å². The van der Waals surface area contributed by atoms with E-state index in [1.165, 1.54) is 0 Å². The lowest BCUT2D eigenvalue weighted by atomic mass is 9.87. The first kappa shape index (κ1) is 19.7. The van der Waals surface area contributed by atoms with Crippen molar-refractivity contribution in [3.05, 3.63) is 102 Å². The number of para-hydroxylation sites is 2. The average Bonchev–Trinajstić information content (AvgIpc) is 3.47. The number of fused-ring (bicyclic) bond motifs is 2. The maximum atomic E-state index is 12.7. The summed E-state index contributed by atoms with van der Waals surface area (Å²) in [6.45, 7) is 0.467. The Labute approximate surface area is 194 Å². The van der Waals surface area contributed by atoms with Crippen molar-refractivity contribution in [2.24, 2.45) is 0 Å². The number of carbonyl (C=O) groups excluding carboxylic acids is 1. The monoisotopic (exact) mass is 452 g/mol. The number of nitrogens with one attached hydrogen (secondary N) is 1. The number of carbonyl (C=O) groups is 1. The lowest BCUT2D eigenvalue weighted by Crippen LogP contribution is -2.24. The second kappa shape index (κ2) is 8.18. The molecule has 7 heteroatoms. The number of thiazole rings is 1. The van der Waals surface area contributed by atoms with Gasteiger partial charge in [0.2, 0.25) is 11.0 Å². The van der Waals surface area contributed by atoms with E-state index in [0.717, 1.165) is 37.8 Å². The fourth-order valence-electron chi connectivity index (χ4n) is 4.23. The first-order valence-electron chi connectivity index (χ1n) is 10.8. The molecule has 0 saturated carbocycles. The van der Waals surface area contributed by atoms with E-state index in [0.29, 0.717) is 18.8 Å². The van der Waals surface area contributed by atoms with Gasteiger partial charge in [-0.1, -0.05) is 72.0 Å². The molecule has 0 saturated heterocycles. The van der Waals surface area contributed by atoms with Crippen molar-refractivity contribution < 1.29 is 9.53 Å². The van der Waals surface area contributed by atoms with E-state index in [1.54, 1.807) is 16.0 Å². The Morgan fingerprint density at radius 3 is 2.64 bits per heavy atom. The highest BCUT2D eigenvalue weighted by atomic mass is 32.1. The molecular weight excluding hydrogens is 432 g/mol. The Balaban J connectivity index is 1.37. The third-order valence-corrected chi connectivity index (χ3v) is 6.83. The molecule has 0 unspecified atom stereocenters. The molecule has 33 heavy (non-hydrogen) atoms. The molecule has 2 aromatic heterocycles. The molecule has 0 bridgehead atoms. The molecule has 1 atom stereocenters. The Hall–Kier alpha value is -3.97. The van der Waals surface area contributed by atoms with Crippen molar-refractivity contribution in [1.82, 2.24) is 14.8 Å². The van der Waals surface area contributed by atoms with Gasteiger partial charge in [-0.2, -0.15) is 9.78 Å². The van der Waals surface area contributed by atoms with E-state index in [9.17, 15) is 4.79 Å². The van der Waals surface area contributed by atoms with Crippen molar-refractivity contribution in [1.29, 1.82) is 0 Å². The fraction of sp³-hybridized carbons (Fsp3) is 0.115. The summed E-state index contributed by atoms with van der Waals surface area (Å²) in [5.74, 6) is 1.25. The minimum Gasteiger partial charge on any atom is -0.489 e. The van der Waals surface area contributed by atoms with Crippen LogP contribution in [0.3, 0.4) is 0 Å². The molecule has 162 valence electrons. The molecule has 3 heterocycles. The molecule has 1 N–H and O–H groups in total. The van der Waals surface area contributed by atoms with Gasteiger partial charge in [-0.15, -0.1) is 0 Å². The summed E-state index contributed by atoms with van der Waals surface area (Å²) in [6.07, 6.45) is 2.17. The van der Waals surface area contributed by atoms with Gasteiger partial charge in [-0.25, -0.2) is 4.98 Å². The minimum atomic E-state index is -0.149. The van der Waals surface area contributed by atoms with Gasteiger partial charge in [0.25, 0.3) is 0 Å². The van der Waals surface area contributed by atoms with Gasteiger partial charge in [0, 0.05) is 23.5 Å². The first-order chi connectivity index (χ1) is 16.3. The summed E-state index contributed by atoms with van der Waals surface area (Å²) in [6, 6.07) is 26.0. The highest BCUT2D eigenvalue weighted by Gasteiger charge is 2.32. The number of benzene rings is 3. The van der Waals surface area contributed by atoms with E-state index in [-0.39, 0.29) is 11.8 Å². The van der Waals surface area contributed by atoms with Crippen LogP contribution in [0.1, 0.15) is 29.0 Å². The molecule has 0 aliphatic carbocycles. The number of rotatable bonds is 5. The third-order valence-electron chi connectivity index (χ3n) is 5.82. The van der Waals surface area contributed by atoms with Gasteiger partial charge >= 0.3 is 0 Å². The van der Waals surface area contributed by atoms with Gasteiger partial charge in [-0.05, 0) is 23.8 Å². The molecule has 3 aromatic carbocycles. The number of hydrogen-bond acceptors (Lipinski definition) is 5. The van der Waals surface area contributed by atoms with Crippen LogP contribution in [0.25, 0.3) is 15.3 Å². The highest BCUT2D eigenvalue weighted by molar-refractivity contribution is 7.20. The lowest BCUT2D eigenvalue weighted by molar-refractivity contribution is -0.116. The molecule has 0 fully saturated rings. The van der Waals surface area contributed by atoms with Crippen LogP contribution in [0.15, 0.2) is 85.1 Å². The summed E-state index contributed by atoms with van der Waals surface area (Å²) in [5, 5.41) is 8.35. The summed E-state index contributed by atoms with van der Waals surface area (Å²) in [4.78, 5) is 17.5. The van der Waals surface area contributed by atoms with Crippen LogP contribution in [0.4, 0.5) is 5.82 Å². The predicted octanol–water partition coefficient (Wildman–Crippen LogP) is 5.54. The van der Waals surface area contributed by atoms with Crippen LogP contribution < -0.4 is 10.1 Å². The summed E-state index contributed by atoms with van der Waals surface area (Å²) >= 11 is 1.55. The molecule has 1 aliphatic heterocycles. The normalized spacial score (nSPS) is 15.3. The van der Waals surface area contributed by atoms with Crippen LogP contribution in [0, 0.1) is 0 Å². The zero-order valence-electron chi connectivity index (χ0n) is 17.6. The SMILES string of the molecule is O=C1C[C@@H](c2ccccc2OCc2ccccc2)c2cnn(-c3nc4ccccc4s3)c2N1. The number of amides is 1. The van der Waals surface area contributed by atoms with Gasteiger partial charge in [0.15, 0.2) is 0 Å². The molecule has 0 spiro atoms. The van der Waals surface area contributed by atoms with E-state index in [1.807, 2.05) is 85.1 Å².